The fourth-order valence-electron chi connectivity index (χ4n) is 5.46. The standard InChI is InChI=1S/C40H38O10S2/c1-5-7-24-49-32-15-19-34(20-16-32)51(45,46)39(3,37(41)42)27-29-14-23-36(30-12-10-9-11-13-30)31(26-29)28-40(4,38(43)44)52(47,48)35-21-17-33(18-22-35)50-25-8-6-2/h9-23,26H,24-25,27-28H2,1-4H3,(H,41,42)(H,43,44). The second-order valence-corrected chi connectivity index (χ2v) is 16.9. The number of rotatable bonds is 15. The number of aliphatic carboxylic acids is 2. The highest BCUT2D eigenvalue weighted by Crippen LogP contribution is 2.37. The van der Waals surface area contributed by atoms with E-state index in [4.69, 9.17) is 9.47 Å². The Morgan fingerprint density at radius 3 is 1.50 bits per heavy atom. The van der Waals surface area contributed by atoms with Gasteiger partial charge in [-0.1, -0.05) is 60.4 Å². The fourth-order valence-corrected chi connectivity index (χ4v) is 8.65. The Morgan fingerprint density at radius 1 is 0.635 bits per heavy atom. The van der Waals surface area contributed by atoms with Crippen LogP contribution in [0.5, 0.6) is 11.5 Å². The zero-order chi connectivity index (χ0) is 38.2. The summed E-state index contributed by atoms with van der Waals surface area (Å²) in [7, 11) is -9.09. The minimum absolute atomic E-state index is 0.0899. The second kappa shape index (κ2) is 16.2. The minimum Gasteiger partial charge on any atom is -0.481 e. The quantitative estimate of drug-likeness (QED) is 0.141. The molecular weight excluding hydrogens is 705 g/mol. The third kappa shape index (κ3) is 8.15. The van der Waals surface area contributed by atoms with Gasteiger partial charge < -0.3 is 19.7 Å². The van der Waals surface area contributed by atoms with Gasteiger partial charge in [0.1, 0.15) is 24.7 Å². The molecule has 0 aliphatic carbocycles. The molecule has 2 atom stereocenters. The first-order chi connectivity index (χ1) is 24.6. The van der Waals surface area contributed by atoms with Crippen LogP contribution < -0.4 is 9.47 Å². The van der Waals surface area contributed by atoms with Gasteiger partial charge in [0.2, 0.25) is 0 Å². The largest absolute Gasteiger partial charge is 0.481 e. The molecule has 0 spiro atoms. The maximum absolute atomic E-state index is 14.1. The van der Waals surface area contributed by atoms with E-state index < -0.39 is 53.9 Å². The second-order valence-electron chi connectivity index (χ2n) is 12.2. The highest BCUT2D eigenvalue weighted by molar-refractivity contribution is 7.94. The van der Waals surface area contributed by atoms with Gasteiger partial charge in [-0.25, -0.2) is 16.8 Å². The van der Waals surface area contributed by atoms with Gasteiger partial charge >= 0.3 is 11.9 Å². The molecule has 12 heteroatoms. The van der Waals surface area contributed by atoms with E-state index in [0.29, 0.717) is 22.6 Å². The van der Waals surface area contributed by atoms with E-state index in [1.54, 1.807) is 56.3 Å². The Hall–Kier alpha value is -5.56. The van der Waals surface area contributed by atoms with Crippen LogP contribution in [0.1, 0.15) is 38.8 Å². The van der Waals surface area contributed by atoms with Crippen LogP contribution in [0.3, 0.4) is 0 Å². The molecule has 0 aliphatic rings. The van der Waals surface area contributed by atoms with Crippen molar-refractivity contribution < 1.29 is 46.1 Å². The zero-order valence-corrected chi connectivity index (χ0v) is 30.7. The van der Waals surface area contributed by atoms with Crippen molar-refractivity contribution in [3.63, 3.8) is 0 Å². The van der Waals surface area contributed by atoms with Crippen LogP contribution in [0, 0.1) is 23.7 Å². The molecule has 0 radical (unpaired) electrons. The summed E-state index contributed by atoms with van der Waals surface area (Å²) in [5.41, 5.74) is 1.64. The van der Waals surface area contributed by atoms with Crippen LogP contribution in [0.25, 0.3) is 11.1 Å². The van der Waals surface area contributed by atoms with Crippen LogP contribution in [0.15, 0.2) is 107 Å². The Labute approximate surface area is 304 Å². The topological polar surface area (TPSA) is 161 Å². The van der Waals surface area contributed by atoms with Crippen LogP contribution in [-0.4, -0.2) is 61.7 Å². The van der Waals surface area contributed by atoms with Crippen molar-refractivity contribution in [2.24, 2.45) is 0 Å². The molecule has 0 amide bonds. The molecule has 2 unspecified atom stereocenters. The van der Waals surface area contributed by atoms with Gasteiger partial charge in [0.25, 0.3) is 0 Å². The van der Waals surface area contributed by atoms with Crippen LogP contribution >= 0.6 is 0 Å². The SMILES string of the molecule is CC#CCOc1ccc(S(=O)(=O)C(C)(Cc2ccc(-c3ccccc3)c(CC(C)(C(=O)O)S(=O)(=O)c3ccc(OCC#CC)cc3)c2)C(=O)O)cc1. The number of carboxylic acids is 2. The molecule has 270 valence electrons. The molecule has 52 heavy (non-hydrogen) atoms. The lowest BCUT2D eigenvalue weighted by atomic mass is 9.89. The molecule has 4 aromatic carbocycles. The molecule has 0 heterocycles. The summed E-state index contributed by atoms with van der Waals surface area (Å²) >= 11 is 0. The normalized spacial score (nSPS) is 13.5. The number of ether oxygens (including phenoxy) is 2. The molecular formula is C40H38O10S2. The molecule has 2 N–H and O–H groups in total. The first-order valence-corrected chi connectivity index (χ1v) is 19.0. The smallest absolute Gasteiger partial charge is 0.325 e. The van der Waals surface area contributed by atoms with E-state index in [9.17, 15) is 36.6 Å². The zero-order valence-electron chi connectivity index (χ0n) is 29.0. The van der Waals surface area contributed by atoms with Crippen LogP contribution in [0.4, 0.5) is 0 Å². The van der Waals surface area contributed by atoms with Gasteiger partial charge in [-0.05, 0) is 98.5 Å². The predicted molar refractivity (Wildman–Crippen MR) is 197 cm³/mol. The maximum atomic E-state index is 14.1. The summed E-state index contributed by atoms with van der Waals surface area (Å²) in [6.07, 6.45) is -1.05. The molecule has 0 saturated heterocycles. The van der Waals surface area contributed by atoms with Crippen molar-refractivity contribution in [2.45, 2.75) is 59.8 Å². The summed E-state index contributed by atoms with van der Waals surface area (Å²) < 4.78 is 62.2. The Balaban J connectivity index is 1.78. The first-order valence-electron chi connectivity index (χ1n) is 16.0. The van der Waals surface area contributed by atoms with Crippen LogP contribution in [-0.2, 0) is 42.1 Å². The lowest BCUT2D eigenvalue weighted by molar-refractivity contribution is -0.140. The van der Waals surface area contributed by atoms with Crippen molar-refractivity contribution in [3.05, 3.63) is 108 Å². The van der Waals surface area contributed by atoms with E-state index in [-0.39, 0.29) is 34.1 Å². The number of sulfone groups is 2. The van der Waals surface area contributed by atoms with Gasteiger partial charge in [-0.15, -0.1) is 11.8 Å². The van der Waals surface area contributed by atoms with E-state index in [2.05, 4.69) is 23.7 Å². The van der Waals surface area contributed by atoms with Crippen molar-refractivity contribution in [1.82, 2.24) is 0 Å². The van der Waals surface area contributed by atoms with E-state index in [0.717, 1.165) is 13.8 Å². The molecule has 0 aliphatic heterocycles. The molecule has 10 nitrogen and oxygen atoms in total. The number of hydrogen-bond donors (Lipinski definition) is 2. The summed E-state index contributed by atoms with van der Waals surface area (Å²) in [6, 6.07) is 24.2. The molecule has 0 saturated carbocycles. The van der Waals surface area contributed by atoms with E-state index >= 15 is 0 Å². The highest BCUT2D eigenvalue weighted by atomic mass is 32.2. The van der Waals surface area contributed by atoms with Crippen LogP contribution in [0.2, 0.25) is 0 Å². The Kier molecular flexibility index (Phi) is 12.2. The van der Waals surface area contributed by atoms with Crippen molar-refractivity contribution >= 4 is 31.6 Å². The Bertz CT molecular complexity index is 2280. The van der Waals surface area contributed by atoms with Gasteiger partial charge in [0, 0.05) is 12.8 Å². The monoisotopic (exact) mass is 742 g/mol. The predicted octanol–water partition coefficient (Wildman–Crippen LogP) is 5.88. The molecule has 0 bridgehead atoms. The Morgan fingerprint density at radius 2 is 1.08 bits per heavy atom. The third-order valence-electron chi connectivity index (χ3n) is 8.66. The first kappa shape index (κ1) is 39.2. The van der Waals surface area contributed by atoms with Gasteiger partial charge in [-0.2, -0.15) is 0 Å². The number of carbonyl (C=O) groups is 2. The van der Waals surface area contributed by atoms with Crippen molar-refractivity contribution in [3.8, 4) is 46.3 Å². The molecule has 0 fully saturated rings. The average Bonchev–Trinajstić information content (AvgIpc) is 3.12. The number of carboxylic acid groups (broad SMARTS) is 2. The number of hydrogen-bond acceptors (Lipinski definition) is 8. The summed E-state index contributed by atoms with van der Waals surface area (Å²) in [4.78, 5) is 25.2. The highest BCUT2D eigenvalue weighted by Gasteiger charge is 2.49. The maximum Gasteiger partial charge on any atom is 0.325 e. The molecule has 4 rings (SSSR count). The van der Waals surface area contributed by atoms with E-state index in [1.165, 1.54) is 54.6 Å². The lowest BCUT2D eigenvalue weighted by Crippen LogP contribution is -2.46. The minimum atomic E-state index is -4.56. The van der Waals surface area contributed by atoms with Gasteiger partial charge in [-0.3, -0.25) is 9.59 Å². The summed E-state index contributed by atoms with van der Waals surface area (Å²) in [5.74, 6) is 8.32. The fraction of sp³-hybridized carbons (Fsp3) is 0.250. The third-order valence-corrected chi connectivity index (χ3v) is 13.5. The molecule has 4 aromatic rings. The average molecular weight is 743 g/mol. The van der Waals surface area contributed by atoms with Crippen molar-refractivity contribution in [1.29, 1.82) is 0 Å². The van der Waals surface area contributed by atoms with Gasteiger partial charge in [0.15, 0.2) is 29.2 Å². The van der Waals surface area contributed by atoms with E-state index in [1.807, 2.05) is 0 Å². The molecule has 0 aromatic heterocycles. The number of benzene rings is 4. The summed E-state index contributed by atoms with van der Waals surface area (Å²) in [5, 5.41) is 20.9. The van der Waals surface area contributed by atoms with Crippen molar-refractivity contribution in [2.75, 3.05) is 13.2 Å². The van der Waals surface area contributed by atoms with Gasteiger partial charge in [0.05, 0.1) is 9.79 Å². The lowest BCUT2D eigenvalue weighted by Gasteiger charge is -2.28. The summed E-state index contributed by atoms with van der Waals surface area (Å²) in [6.45, 7) is 5.70.